The van der Waals surface area contributed by atoms with E-state index in [1.165, 1.54) is 6.20 Å². The van der Waals surface area contributed by atoms with Gasteiger partial charge in [-0.25, -0.2) is 10.4 Å². The molecule has 3 aromatic rings. The monoisotopic (exact) mass is 440 g/mol. The summed E-state index contributed by atoms with van der Waals surface area (Å²) < 4.78 is 0. The molecule has 0 saturated carbocycles. The Hall–Kier alpha value is -4.50. The number of fused-ring (bicyclic) bond motifs is 1. The van der Waals surface area contributed by atoms with E-state index in [0.29, 0.717) is 46.9 Å². The normalized spacial score (nSPS) is 11.9. The van der Waals surface area contributed by atoms with Crippen molar-refractivity contribution in [1.82, 2.24) is 15.7 Å². The van der Waals surface area contributed by atoms with Gasteiger partial charge in [0.1, 0.15) is 5.82 Å². The van der Waals surface area contributed by atoms with Crippen LogP contribution in [-0.4, -0.2) is 22.8 Å². The number of pyridine rings is 1. The van der Waals surface area contributed by atoms with Gasteiger partial charge in [0, 0.05) is 30.4 Å². The Morgan fingerprint density at radius 3 is 2.64 bits per heavy atom. The molecule has 4 rings (SSSR count). The Morgan fingerprint density at radius 2 is 1.91 bits per heavy atom. The van der Waals surface area contributed by atoms with Gasteiger partial charge in [-0.2, -0.15) is 0 Å². The molecule has 0 spiro atoms. The number of anilines is 3. The summed E-state index contributed by atoms with van der Waals surface area (Å²) in [6, 6.07) is 12.6. The molecular weight excluding hydrogens is 416 g/mol. The van der Waals surface area contributed by atoms with Crippen LogP contribution in [-0.2, 0) is 13.1 Å². The molecule has 1 aromatic heterocycles. The predicted octanol–water partition coefficient (Wildman–Crippen LogP) is 2.69. The summed E-state index contributed by atoms with van der Waals surface area (Å²) in [7, 11) is 0. The first-order valence-corrected chi connectivity index (χ1v) is 10.2. The van der Waals surface area contributed by atoms with Crippen LogP contribution >= 0.6 is 0 Å². The van der Waals surface area contributed by atoms with E-state index >= 15 is 0 Å². The van der Waals surface area contributed by atoms with Crippen molar-refractivity contribution >= 4 is 40.6 Å². The van der Waals surface area contributed by atoms with Crippen molar-refractivity contribution in [3.63, 3.8) is 0 Å². The van der Waals surface area contributed by atoms with Gasteiger partial charge in [-0.1, -0.05) is 30.8 Å². The third-order valence-electron chi connectivity index (χ3n) is 5.45. The van der Waals surface area contributed by atoms with Crippen LogP contribution in [0.5, 0.6) is 0 Å². The Balaban J connectivity index is 1.58. The maximum atomic E-state index is 13.1. The zero-order chi connectivity index (χ0) is 23.5. The summed E-state index contributed by atoms with van der Waals surface area (Å²) in [5, 5.41) is 17.8. The van der Waals surface area contributed by atoms with Crippen LogP contribution in [0, 0.1) is 10.8 Å². The summed E-state index contributed by atoms with van der Waals surface area (Å²) in [5.74, 6) is 0.0974. The van der Waals surface area contributed by atoms with Gasteiger partial charge in [0.05, 0.1) is 28.8 Å². The molecule has 0 unspecified atom stereocenters. The van der Waals surface area contributed by atoms with Gasteiger partial charge in [-0.15, -0.1) is 0 Å². The summed E-state index contributed by atoms with van der Waals surface area (Å²) >= 11 is 0. The predicted molar refractivity (Wildman–Crippen MR) is 131 cm³/mol. The van der Waals surface area contributed by atoms with E-state index in [4.69, 9.17) is 22.3 Å². The van der Waals surface area contributed by atoms with E-state index in [1.807, 2.05) is 18.2 Å². The average molecular weight is 441 g/mol. The van der Waals surface area contributed by atoms with Gasteiger partial charge in [-0.3, -0.25) is 10.2 Å². The van der Waals surface area contributed by atoms with E-state index in [-0.39, 0.29) is 11.6 Å². The molecule has 0 radical (unpaired) electrons. The van der Waals surface area contributed by atoms with Crippen LogP contribution in [0.1, 0.15) is 38.2 Å². The van der Waals surface area contributed by atoms with E-state index in [0.717, 1.165) is 28.6 Å². The Labute approximate surface area is 190 Å². The maximum Gasteiger partial charge on any atom is 0.253 e. The Bertz CT molecular complexity index is 1280. The van der Waals surface area contributed by atoms with Crippen LogP contribution in [0.25, 0.3) is 5.57 Å². The molecule has 1 amide bonds. The van der Waals surface area contributed by atoms with Crippen LogP contribution in [0.15, 0.2) is 55.2 Å². The zero-order valence-electron chi connectivity index (χ0n) is 17.8. The van der Waals surface area contributed by atoms with Crippen molar-refractivity contribution in [1.29, 1.82) is 10.8 Å². The molecule has 1 aliphatic heterocycles. The Morgan fingerprint density at radius 1 is 1.15 bits per heavy atom. The minimum atomic E-state index is -0.240. The minimum absolute atomic E-state index is 0.133. The number of benzene rings is 2. The number of amides is 1. The molecule has 2 aromatic carbocycles. The Kier molecular flexibility index (Phi) is 5.88. The van der Waals surface area contributed by atoms with Crippen molar-refractivity contribution in [3.8, 4) is 0 Å². The maximum absolute atomic E-state index is 13.1. The fourth-order valence-electron chi connectivity index (χ4n) is 3.63. The molecule has 9 nitrogen and oxygen atoms in total. The third-order valence-corrected chi connectivity index (χ3v) is 5.45. The van der Waals surface area contributed by atoms with Gasteiger partial charge >= 0.3 is 0 Å². The molecule has 0 bridgehead atoms. The molecule has 0 saturated heterocycles. The van der Waals surface area contributed by atoms with Crippen LogP contribution in [0.3, 0.4) is 0 Å². The molecular formula is C24H24N8O. The fraction of sp³-hybridized carbons (Fsp3) is 0.0833. The summed E-state index contributed by atoms with van der Waals surface area (Å²) in [6.45, 7) is 5.06. The molecule has 0 atom stereocenters. The molecule has 1 aliphatic rings. The molecule has 166 valence electrons. The highest BCUT2D eigenvalue weighted by atomic mass is 16.1. The van der Waals surface area contributed by atoms with Crippen molar-refractivity contribution < 1.29 is 4.79 Å². The molecule has 33 heavy (non-hydrogen) atoms. The highest BCUT2D eigenvalue weighted by molar-refractivity contribution is 6.35. The van der Waals surface area contributed by atoms with Crippen molar-refractivity contribution in [3.05, 3.63) is 88.6 Å². The number of hydrogen-bond acceptors (Lipinski definition) is 8. The van der Waals surface area contributed by atoms with Gasteiger partial charge in [0.15, 0.2) is 0 Å². The summed E-state index contributed by atoms with van der Waals surface area (Å²) in [5.41, 5.74) is 24.4. The number of nitrogen functional groups attached to an aromatic ring is 2. The number of rotatable bonds is 7. The third kappa shape index (κ3) is 4.43. The zero-order valence-corrected chi connectivity index (χ0v) is 17.8. The number of aromatic nitrogens is 1. The number of nitrogens with zero attached hydrogens (tertiary/aromatic N) is 1. The number of hydrazine groups is 1. The highest BCUT2D eigenvalue weighted by Gasteiger charge is 2.22. The van der Waals surface area contributed by atoms with Crippen molar-refractivity contribution in [2.24, 2.45) is 0 Å². The number of hydrogen-bond donors (Lipinski definition) is 7. The van der Waals surface area contributed by atoms with Crippen LogP contribution in [0.2, 0.25) is 0 Å². The van der Waals surface area contributed by atoms with Crippen molar-refractivity contribution in [2.75, 3.05) is 16.9 Å². The lowest BCUT2D eigenvalue weighted by Crippen LogP contribution is -2.24. The van der Waals surface area contributed by atoms with E-state index in [1.54, 1.807) is 24.3 Å². The lowest BCUT2D eigenvalue weighted by molar-refractivity contribution is 0.0951. The molecule has 9 N–H and O–H groups in total. The first-order valence-electron chi connectivity index (χ1n) is 10.2. The van der Waals surface area contributed by atoms with Crippen LogP contribution in [0.4, 0.5) is 17.2 Å². The quantitative estimate of drug-likeness (QED) is 0.279. The number of carbonyl (C=O) groups excluding carboxylic acids is 1. The van der Waals surface area contributed by atoms with Crippen molar-refractivity contribution in [2.45, 2.75) is 13.1 Å². The van der Waals surface area contributed by atoms with Gasteiger partial charge in [0.25, 0.3) is 5.91 Å². The smallest absolute Gasteiger partial charge is 0.253 e. The van der Waals surface area contributed by atoms with E-state index in [9.17, 15) is 4.79 Å². The standard InChI is InChI=1S/C24H24N8O/c1-13(18-8-22(28)29-12-21(18)27)16-6-17-11-31-32-23(17)19(7-16)24(33)30-10-14-2-4-15(5-3-14)20(26)9-25/h2-9,12,25-26,31-32H,1,10-11,27H2,(H2,28,29)(H,30,33). The van der Waals surface area contributed by atoms with Gasteiger partial charge in [0.2, 0.25) is 0 Å². The molecule has 0 fully saturated rings. The first kappa shape index (κ1) is 21.7. The molecule has 2 heterocycles. The SMILES string of the molecule is C=C(c1cc2c(c(C(=O)NCc3ccc(C(=N)C=N)cc3)c1)NNC2)c1cc(N)ncc1N. The topological polar surface area (TPSA) is 166 Å². The van der Waals surface area contributed by atoms with Crippen LogP contribution < -0.4 is 27.6 Å². The number of nitrogens with one attached hydrogen (secondary N) is 5. The summed E-state index contributed by atoms with van der Waals surface area (Å²) in [4.78, 5) is 17.1. The van der Waals surface area contributed by atoms with Gasteiger partial charge < -0.3 is 27.6 Å². The first-order chi connectivity index (χ1) is 15.9. The molecule has 0 aliphatic carbocycles. The van der Waals surface area contributed by atoms with E-state index < -0.39 is 0 Å². The largest absolute Gasteiger partial charge is 0.397 e. The second kappa shape index (κ2) is 8.93. The second-order valence-electron chi connectivity index (χ2n) is 7.65. The van der Waals surface area contributed by atoms with Gasteiger partial charge in [-0.05, 0) is 40.5 Å². The lowest BCUT2D eigenvalue weighted by Gasteiger charge is -2.15. The molecule has 9 heteroatoms. The number of carbonyl (C=O) groups is 1. The number of nitrogens with two attached hydrogens (primary N) is 2. The average Bonchev–Trinajstić information content (AvgIpc) is 3.31. The minimum Gasteiger partial charge on any atom is -0.397 e. The fourth-order valence-corrected chi connectivity index (χ4v) is 3.63. The van der Waals surface area contributed by atoms with E-state index in [2.05, 4.69) is 27.7 Å². The summed E-state index contributed by atoms with van der Waals surface area (Å²) in [6.07, 6.45) is 2.49. The lowest BCUT2D eigenvalue weighted by atomic mass is 9.94. The highest BCUT2D eigenvalue weighted by Crippen LogP contribution is 2.33. The second-order valence-corrected chi connectivity index (χ2v) is 7.65.